The first kappa shape index (κ1) is 23.2. The standard InChI is InChI=1S/C30H26N2O4/c1-35-28(33)18-27(30(34)36-2)32-17-16-22-12-6-7-13-23(22)29(32)25-20-31(19-21-10-4-3-5-11-21)26-15-9-8-14-24(25)26/h3-18,20,29H,19H2,1-2H3/b27-18+. The lowest BCUT2D eigenvalue weighted by Crippen LogP contribution is -2.31. The van der Waals surface area contributed by atoms with E-state index >= 15 is 0 Å². The zero-order chi connectivity index (χ0) is 25.1. The molecule has 1 atom stereocenters. The van der Waals surface area contributed by atoms with Crippen LogP contribution in [0.3, 0.4) is 0 Å². The molecule has 0 saturated carbocycles. The van der Waals surface area contributed by atoms with Crippen LogP contribution >= 0.6 is 0 Å². The van der Waals surface area contributed by atoms with Crippen LogP contribution in [0.15, 0.2) is 103 Å². The Hall–Kier alpha value is -4.58. The summed E-state index contributed by atoms with van der Waals surface area (Å²) in [6, 6.07) is 26.2. The van der Waals surface area contributed by atoms with Crippen LogP contribution in [0.5, 0.6) is 0 Å². The van der Waals surface area contributed by atoms with Crippen molar-refractivity contribution in [3.63, 3.8) is 0 Å². The van der Waals surface area contributed by atoms with E-state index in [0.29, 0.717) is 6.54 Å². The molecule has 3 aromatic carbocycles. The molecule has 0 spiro atoms. The molecule has 2 heterocycles. The summed E-state index contributed by atoms with van der Waals surface area (Å²) in [5.74, 6) is -1.25. The summed E-state index contributed by atoms with van der Waals surface area (Å²) in [6.45, 7) is 0.702. The first-order valence-electron chi connectivity index (χ1n) is 11.7. The molecule has 0 N–H and O–H groups in total. The highest BCUT2D eigenvalue weighted by Gasteiger charge is 2.33. The van der Waals surface area contributed by atoms with Gasteiger partial charge in [0.2, 0.25) is 0 Å². The number of rotatable bonds is 6. The predicted molar refractivity (Wildman–Crippen MR) is 139 cm³/mol. The molecule has 0 amide bonds. The molecule has 1 aliphatic rings. The monoisotopic (exact) mass is 478 g/mol. The van der Waals surface area contributed by atoms with E-state index in [4.69, 9.17) is 9.47 Å². The van der Waals surface area contributed by atoms with Gasteiger partial charge in [0.15, 0.2) is 0 Å². The summed E-state index contributed by atoms with van der Waals surface area (Å²) in [6.07, 6.45) is 7.07. The minimum Gasteiger partial charge on any atom is -0.466 e. The number of hydrogen-bond donors (Lipinski definition) is 0. The second-order valence-electron chi connectivity index (χ2n) is 8.51. The fourth-order valence-corrected chi connectivity index (χ4v) is 4.76. The van der Waals surface area contributed by atoms with Crippen molar-refractivity contribution in [1.82, 2.24) is 9.47 Å². The van der Waals surface area contributed by atoms with E-state index in [1.165, 1.54) is 25.9 Å². The number of fused-ring (bicyclic) bond motifs is 2. The van der Waals surface area contributed by atoms with Gasteiger partial charge in [-0.25, -0.2) is 9.59 Å². The van der Waals surface area contributed by atoms with Crippen molar-refractivity contribution < 1.29 is 19.1 Å². The maximum absolute atomic E-state index is 12.9. The van der Waals surface area contributed by atoms with Crippen LogP contribution in [0.2, 0.25) is 0 Å². The van der Waals surface area contributed by atoms with E-state index < -0.39 is 11.9 Å². The maximum atomic E-state index is 12.9. The minimum absolute atomic E-state index is 0.0972. The molecule has 5 rings (SSSR count). The van der Waals surface area contributed by atoms with E-state index in [1.807, 2.05) is 66.9 Å². The highest BCUT2D eigenvalue weighted by molar-refractivity contribution is 5.96. The van der Waals surface area contributed by atoms with Gasteiger partial charge in [0.05, 0.1) is 26.3 Å². The molecule has 0 fully saturated rings. The minimum atomic E-state index is -0.632. The van der Waals surface area contributed by atoms with Gasteiger partial charge in [-0.3, -0.25) is 0 Å². The molecule has 4 aromatic rings. The van der Waals surface area contributed by atoms with E-state index in [1.54, 1.807) is 4.90 Å². The average molecular weight is 479 g/mol. The maximum Gasteiger partial charge on any atom is 0.354 e. The zero-order valence-corrected chi connectivity index (χ0v) is 20.1. The summed E-state index contributed by atoms with van der Waals surface area (Å²) in [7, 11) is 2.58. The lowest BCUT2D eigenvalue weighted by atomic mass is 9.90. The third kappa shape index (κ3) is 4.29. The van der Waals surface area contributed by atoms with Crippen molar-refractivity contribution in [1.29, 1.82) is 0 Å². The molecule has 1 aromatic heterocycles. The Morgan fingerprint density at radius 2 is 1.58 bits per heavy atom. The van der Waals surface area contributed by atoms with Crippen molar-refractivity contribution in [3.05, 3.63) is 125 Å². The summed E-state index contributed by atoms with van der Waals surface area (Å²) >= 11 is 0. The van der Waals surface area contributed by atoms with Crippen molar-refractivity contribution >= 4 is 28.9 Å². The van der Waals surface area contributed by atoms with Crippen LogP contribution in [0, 0.1) is 0 Å². The number of aromatic nitrogens is 1. The lowest BCUT2D eigenvalue weighted by Gasteiger charge is -2.35. The third-order valence-electron chi connectivity index (χ3n) is 6.42. The Labute approximate surface area is 209 Å². The smallest absolute Gasteiger partial charge is 0.354 e. The molecule has 0 radical (unpaired) electrons. The van der Waals surface area contributed by atoms with Gasteiger partial charge < -0.3 is 18.9 Å². The fraction of sp³-hybridized carbons (Fsp3) is 0.133. The highest BCUT2D eigenvalue weighted by atomic mass is 16.5. The van der Waals surface area contributed by atoms with E-state index in [0.717, 1.165) is 27.6 Å². The molecule has 1 aliphatic heterocycles. The molecular weight excluding hydrogens is 452 g/mol. The normalized spacial score (nSPS) is 15.0. The number of nitrogens with zero attached hydrogens (tertiary/aromatic N) is 2. The molecule has 0 saturated heterocycles. The summed E-state index contributed by atoms with van der Waals surface area (Å²) < 4.78 is 12.1. The Bertz CT molecular complexity index is 1480. The van der Waals surface area contributed by atoms with Crippen molar-refractivity contribution in [3.8, 4) is 0 Å². The molecule has 0 aliphatic carbocycles. The molecule has 6 nitrogen and oxygen atoms in total. The van der Waals surface area contributed by atoms with Crippen LogP contribution in [0.4, 0.5) is 0 Å². The number of hydrogen-bond acceptors (Lipinski definition) is 5. The average Bonchev–Trinajstić information content (AvgIpc) is 3.29. The van der Waals surface area contributed by atoms with Gasteiger partial charge in [0.25, 0.3) is 0 Å². The van der Waals surface area contributed by atoms with Crippen LogP contribution < -0.4 is 0 Å². The van der Waals surface area contributed by atoms with Gasteiger partial charge >= 0.3 is 11.9 Å². The SMILES string of the molecule is COC(=O)/C=C(\C(=O)OC)N1C=Cc2ccccc2C1c1cn(Cc2ccccc2)c2ccccc12. The summed E-state index contributed by atoms with van der Waals surface area (Å²) in [4.78, 5) is 26.9. The van der Waals surface area contributed by atoms with Gasteiger partial charge in [0.1, 0.15) is 5.70 Å². The van der Waals surface area contributed by atoms with E-state index in [2.05, 4.69) is 35.0 Å². The number of carbonyl (C=O) groups excluding carboxylic acids is 2. The Kier molecular flexibility index (Phi) is 6.41. The van der Waals surface area contributed by atoms with Crippen molar-refractivity contribution in [2.45, 2.75) is 12.6 Å². The first-order valence-corrected chi connectivity index (χ1v) is 11.7. The quantitative estimate of drug-likeness (QED) is 0.278. The highest BCUT2D eigenvalue weighted by Crippen LogP contribution is 2.41. The Morgan fingerprint density at radius 3 is 2.36 bits per heavy atom. The molecule has 36 heavy (non-hydrogen) atoms. The van der Waals surface area contributed by atoms with E-state index in [-0.39, 0.29) is 11.7 Å². The van der Waals surface area contributed by atoms with Gasteiger partial charge in [-0.2, -0.15) is 0 Å². The van der Waals surface area contributed by atoms with Crippen LogP contribution in [0.25, 0.3) is 17.0 Å². The zero-order valence-electron chi connectivity index (χ0n) is 20.1. The van der Waals surface area contributed by atoms with Gasteiger partial charge in [0, 0.05) is 35.4 Å². The number of benzene rings is 3. The number of ether oxygens (including phenoxy) is 2. The fourth-order valence-electron chi connectivity index (χ4n) is 4.76. The van der Waals surface area contributed by atoms with E-state index in [9.17, 15) is 9.59 Å². The Balaban J connectivity index is 1.71. The van der Waals surface area contributed by atoms with Gasteiger partial charge in [-0.05, 0) is 28.8 Å². The topological polar surface area (TPSA) is 60.8 Å². The number of methoxy groups -OCH3 is 2. The molecule has 180 valence electrons. The summed E-state index contributed by atoms with van der Waals surface area (Å²) in [5, 5.41) is 1.07. The van der Waals surface area contributed by atoms with Crippen molar-refractivity contribution in [2.75, 3.05) is 14.2 Å². The third-order valence-corrected chi connectivity index (χ3v) is 6.42. The molecular formula is C30H26N2O4. The largest absolute Gasteiger partial charge is 0.466 e. The van der Waals surface area contributed by atoms with Crippen molar-refractivity contribution in [2.24, 2.45) is 0 Å². The summed E-state index contributed by atoms with van der Waals surface area (Å²) in [5.41, 5.74) is 5.44. The van der Waals surface area contributed by atoms with Gasteiger partial charge in [-0.15, -0.1) is 0 Å². The second kappa shape index (κ2) is 9.96. The number of para-hydroxylation sites is 1. The molecule has 6 heteroatoms. The number of carbonyl (C=O) groups is 2. The Morgan fingerprint density at radius 1 is 0.861 bits per heavy atom. The van der Waals surface area contributed by atoms with Crippen LogP contribution in [0.1, 0.15) is 28.3 Å². The van der Waals surface area contributed by atoms with Gasteiger partial charge in [-0.1, -0.05) is 72.8 Å². The van der Waals surface area contributed by atoms with Crippen LogP contribution in [-0.4, -0.2) is 35.6 Å². The molecule has 1 unspecified atom stereocenters. The number of esters is 2. The second-order valence-corrected chi connectivity index (χ2v) is 8.51. The predicted octanol–water partition coefficient (Wildman–Crippen LogP) is 5.30. The molecule has 0 bridgehead atoms. The first-order chi connectivity index (χ1) is 17.6. The van der Waals surface area contributed by atoms with Crippen LogP contribution in [-0.2, 0) is 25.6 Å². The lowest BCUT2D eigenvalue weighted by molar-refractivity contribution is -0.139.